The lowest BCUT2D eigenvalue weighted by Crippen LogP contribution is -2.51. The zero-order valence-electron chi connectivity index (χ0n) is 22.0. The van der Waals surface area contributed by atoms with Crippen LogP contribution in [0.3, 0.4) is 0 Å². The molecule has 3 heterocycles. The van der Waals surface area contributed by atoms with Gasteiger partial charge in [0.2, 0.25) is 5.91 Å². The highest BCUT2D eigenvalue weighted by Gasteiger charge is 2.70. The van der Waals surface area contributed by atoms with E-state index in [0.29, 0.717) is 32.4 Å². The van der Waals surface area contributed by atoms with E-state index >= 15 is 0 Å². The summed E-state index contributed by atoms with van der Waals surface area (Å²) in [7, 11) is 0. The van der Waals surface area contributed by atoms with Gasteiger partial charge in [0.1, 0.15) is 11.5 Å². The first-order chi connectivity index (χ1) is 19.8. The first-order valence-corrected chi connectivity index (χ1v) is 14.1. The van der Waals surface area contributed by atoms with Crippen LogP contribution in [0.5, 0.6) is 0 Å². The highest BCUT2D eigenvalue weighted by atomic mass is 35.5. The van der Waals surface area contributed by atoms with Gasteiger partial charge in [0.25, 0.3) is 0 Å². The Hall–Kier alpha value is -4.19. The molecule has 0 unspecified atom stereocenters. The molecular formula is C34H24Cl2N2O3. The Labute approximate surface area is 247 Å². The van der Waals surface area contributed by atoms with E-state index in [1.807, 2.05) is 66.4 Å². The Balaban J connectivity index is 1.57. The molecule has 0 radical (unpaired) electrons. The van der Waals surface area contributed by atoms with Gasteiger partial charge in [-0.3, -0.25) is 14.4 Å². The average Bonchev–Trinajstić information content (AvgIpc) is 3.45. The monoisotopic (exact) mass is 578 g/mol. The second-order valence-electron chi connectivity index (χ2n) is 10.7. The van der Waals surface area contributed by atoms with Crippen molar-refractivity contribution in [2.24, 2.45) is 5.92 Å². The minimum Gasteiger partial charge on any atom is -0.352 e. The molecule has 5 nitrogen and oxygen atoms in total. The number of ketones is 2. The second-order valence-corrected chi connectivity index (χ2v) is 11.6. The maximum atomic E-state index is 14.8. The molecule has 0 bridgehead atoms. The summed E-state index contributed by atoms with van der Waals surface area (Å²) in [5.41, 5.74) is 3.35. The zero-order valence-corrected chi connectivity index (χ0v) is 23.5. The maximum absolute atomic E-state index is 14.8. The molecule has 1 amide bonds. The van der Waals surface area contributed by atoms with Crippen molar-refractivity contribution in [2.75, 3.05) is 10.2 Å². The number of carbonyl (C=O) groups excluding carboxylic acids is 3. The molecular weight excluding hydrogens is 555 g/mol. The third kappa shape index (κ3) is 3.59. The largest absolute Gasteiger partial charge is 0.352 e. The van der Waals surface area contributed by atoms with Crippen molar-refractivity contribution in [3.05, 3.63) is 135 Å². The minimum absolute atomic E-state index is 0.293. The quantitative estimate of drug-likeness (QED) is 0.259. The number of hydrogen-bond donors (Lipinski definition) is 1. The van der Waals surface area contributed by atoms with Gasteiger partial charge in [-0.1, -0.05) is 77.8 Å². The molecule has 1 N–H and O–H groups in total. The number of benzene rings is 4. The predicted octanol–water partition coefficient (Wildman–Crippen LogP) is 7.24. The van der Waals surface area contributed by atoms with Crippen molar-refractivity contribution in [2.45, 2.75) is 24.4 Å². The number of rotatable bonds is 4. The molecule has 7 heteroatoms. The summed E-state index contributed by atoms with van der Waals surface area (Å²) < 4.78 is 0. The number of amides is 1. The molecule has 41 heavy (non-hydrogen) atoms. The molecule has 1 saturated heterocycles. The van der Waals surface area contributed by atoms with Crippen molar-refractivity contribution in [3.63, 3.8) is 0 Å². The van der Waals surface area contributed by atoms with Gasteiger partial charge >= 0.3 is 0 Å². The molecule has 4 atom stereocenters. The average molecular weight is 579 g/mol. The number of halogens is 2. The van der Waals surface area contributed by atoms with Crippen LogP contribution < -0.4 is 10.2 Å². The Morgan fingerprint density at radius 1 is 0.829 bits per heavy atom. The second kappa shape index (κ2) is 9.44. The topological polar surface area (TPSA) is 66.5 Å². The first-order valence-electron chi connectivity index (χ1n) is 13.4. The third-order valence-corrected chi connectivity index (χ3v) is 9.28. The van der Waals surface area contributed by atoms with Crippen LogP contribution in [0.2, 0.25) is 10.0 Å². The zero-order chi connectivity index (χ0) is 28.5. The fourth-order valence-corrected chi connectivity index (χ4v) is 7.36. The first kappa shape index (κ1) is 25.8. The van der Waals surface area contributed by atoms with Gasteiger partial charge in [0.15, 0.2) is 11.6 Å². The van der Waals surface area contributed by atoms with Crippen LogP contribution in [0, 0.1) is 5.92 Å². The Morgan fingerprint density at radius 3 is 2.29 bits per heavy atom. The van der Waals surface area contributed by atoms with Crippen LogP contribution in [-0.2, 0) is 10.2 Å². The lowest BCUT2D eigenvalue weighted by Gasteiger charge is -2.39. The maximum Gasteiger partial charge on any atom is 0.238 e. The lowest BCUT2D eigenvalue weighted by atomic mass is 9.64. The van der Waals surface area contributed by atoms with Crippen LogP contribution in [-0.4, -0.2) is 29.6 Å². The summed E-state index contributed by atoms with van der Waals surface area (Å²) in [6, 6.07) is 27.1. The standard InChI is InChI=1S/C34H24Cl2N2O3/c1-19-18-28-34(24-10-4-6-12-26(24)37-33(34)41)29(31(39)20-14-16-21(35)17-15-20)30(32(40)23-9-2-5-11-25(23)36)38(28)27-13-7-3-8-22(19)27/h2-18,28-30H,1H3,(H,37,41)/t28-,29+,30-,34-/m0/s1. The SMILES string of the molecule is CC1=C[C@@H]2N(c3ccccc31)[C@H](C(=O)c1ccccc1Cl)[C@H](C(=O)c1ccc(Cl)cc1)[C@@]21C(=O)Nc2ccccc21. The van der Waals surface area contributed by atoms with Gasteiger partial charge in [0.05, 0.1) is 17.0 Å². The van der Waals surface area contributed by atoms with Crippen LogP contribution in [0.4, 0.5) is 11.4 Å². The molecule has 0 saturated carbocycles. The minimum atomic E-state index is -1.39. The summed E-state index contributed by atoms with van der Waals surface area (Å²) in [4.78, 5) is 45.9. The third-order valence-electron chi connectivity index (χ3n) is 8.70. The number of carbonyl (C=O) groups is 3. The molecule has 1 fully saturated rings. The van der Waals surface area contributed by atoms with E-state index in [-0.39, 0.29) is 17.5 Å². The van der Waals surface area contributed by atoms with E-state index < -0.39 is 23.4 Å². The highest BCUT2D eigenvalue weighted by molar-refractivity contribution is 6.34. The Kier molecular flexibility index (Phi) is 5.93. The number of para-hydroxylation sites is 2. The summed E-state index contributed by atoms with van der Waals surface area (Å²) in [5.74, 6) is -2.00. The fourth-order valence-electron chi connectivity index (χ4n) is 7.00. The molecule has 3 aliphatic rings. The summed E-state index contributed by atoms with van der Waals surface area (Å²) in [6.45, 7) is 2.00. The van der Waals surface area contributed by atoms with Crippen LogP contribution in [0.25, 0.3) is 5.57 Å². The molecule has 3 aliphatic heterocycles. The predicted molar refractivity (Wildman–Crippen MR) is 162 cm³/mol. The van der Waals surface area contributed by atoms with Crippen molar-refractivity contribution in [3.8, 4) is 0 Å². The summed E-state index contributed by atoms with van der Waals surface area (Å²) in [6.07, 6.45) is 2.03. The summed E-state index contributed by atoms with van der Waals surface area (Å²) in [5, 5.41) is 3.83. The van der Waals surface area contributed by atoms with Crippen LogP contribution in [0.1, 0.15) is 38.8 Å². The molecule has 1 spiro atoms. The van der Waals surface area contributed by atoms with Crippen LogP contribution >= 0.6 is 23.2 Å². The van der Waals surface area contributed by atoms with Crippen molar-refractivity contribution < 1.29 is 14.4 Å². The van der Waals surface area contributed by atoms with E-state index in [4.69, 9.17) is 23.2 Å². The molecule has 7 rings (SSSR count). The van der Waals surface area contributed by atoms with E-state index in [0.717, 1.165) is 16.8 Å². The lowest BCUT2D eigenvalue weighted by molar-refractivity contribution is -0.121. The van der Waals surface area contributed by atoms with Gasteiger partial charge < -0.3 is 10.2 Å². The number of Topliss-reactive ketones (excluding diaryl/α,β-unsaturated/α-hetero) is 2. The van der Waals surface area contributed by atoms with Gasteiger partial charge in [-0.25, -0.2) is 0 Å². The Bertz CT molecular complexity index is 1800. The van der Waals surface area contributed by atoms with E-state index in [1.54, 1.807) is 48.5 Å². The number of anilines is 2. The molecule has 4 aromatic carbocycles. The van der Waals surface area contributed by atoms with E-state index in [1.165, 1.54) is 0 Å². The normalized spacial score (nSPS) is 23.9. The van der Waals surface area contributed by atoms with Gasteiger partial charge in [-0.05, 0) is 66.6 Å². The summed E-state index contributed by atoms with van der Waals surface area (Å²) >= 11 is 12.8. The number of nitrogens with zero attached hydrogens (tertiary/aromatic N) is 1. The van der Waals surface area contributed by atoms with Gasteiger partial charge in [-0.2, -0.15) is 0 Å². The molecule has 0 aromatic heterocycles. The van der Waals surface area contributed by atoms with Gasteiger partial charge in [0, 0.05) is 33.1 Å². The van der Waals surface area contributed by atoms with Crippen molar-refractivity contribution >= 4 is 57.6 Å². The fraction of sp³-hybridized carbons (Fsp3) is 0.147. The van der Waals surface area contributed by atoms with Crippen LogP contribution in [0.15, 0.2) is 103 Å². The molecule has 0 aliphatic carbocycles. The van der Waals surface area contributed by atoms with E-state index in [9.17, 15) is 14.4 Å². The molecule has 4 aromatic rings. The van der Waals surface area contributed by atoms with Crippen molar-refractivity contribution in [1.29, 1.82) is 0 Å². The van der Waals surface area contributed by atoms with Gasteiger partial charge in [-0.15, -0.1) is 0 Å². The Morgan fingerprint density at radius 2 is 1.51 bits per heavy atom. The number of allylic oxidation sites excluding steroid dienone is 1. The number of fused-ring (bicyclic) bond motifs is 6. The van der Waals surface area contributed by atoms with Crippen molar-refractivity contribution in [1.82, 2.24) is 0 Å². The number of hydrogen-bond acceptors (Lipinski definition) is 4. The highest BCUT2D eigenvalue weighted by Crippen LogP contribution is 2.59. The molecule has 202 valence electrons. The smallest absolute Gasteiger partial charge is 0.238 e. The number of nitrogens with one attached hydrogen (secondary N) is 1. The van der Waals surface area contributed by atoms with E-state index in [2.05, 4.69) is 5.32 Å².